The summed E-state index contributed by atoms with van der Waals surface area (Å²) in [6, 6.07) is 0. The minimum Gasteiger partial charge on any atom is -0.393 e. The zero-order chi connectivity index (χ0) is 7.78. The Labute approximate surface area is 73.6 Å². The minimum absolute atomic E-state index is 0. The van der Waals surface area contributed by atoms with Gasteiger partial charge in [0.05, 0.1) is 6.10 Å². The van der Waals surface area contributed by atoms with Gasteiger partial charge in [-0.05, 0) is 18.8 Å². The smallest absolute Gasteiger partial charge is 0.0546 e. The first-order valence-corrected chi connectivity index (χ1v) is 5.50. The second-order valence-corrected chi connectivity index (χ2v) is 5.51. The number of aliphatic hydroxyl groups excluding tert-OH is 1. The highest BCUT2D eigenvalue weighted by molar-refractivity contribution is 7.91. The molecule has 0 aliphatic heterocycles. The lowest BCUT2D eigenvalue weighted by Gasteiger charge is -2.30. The van der Waals surface area contributed by atoms with Crippen molar-refractivity contribution in [2.75, 3.05) is 12.0 Å². The number of rotatable bonds is 2. The Hall–Kier alpha value is 0.200. The molecule has 0 heterocycles. The monoisotopic (exact) mass is 199 g/mol. The summed E-state index contributed by atoms with van der Waals surface area (Å²) in [6.07, 6.45) is 2.75. The third kappa shape index (κ3) is 3.94. The summed E-state index contributed by atoms with van der Waals surface area (Å²) in [4.78, 5) is 0. The highest BCUT2D eigenvalue weighted by atomic mass is 35.5. The summed E-state index contributed by atoms with van der Waals surface area (Å²) >= 11 is 0. The van der Waals surface area contributed by atoms with Crippen molar-refractivity contribution >= 4 is 22.1 Å². The molecule has 5 heteroatoms. The number of nitrogens with one attached hydrogen (secondary N) is 1. The van der Waals surface area contributed by atoms with Gasteiger partial charge in [0, 0.05) is 21.7 Å². The molecule has 0 amide bonds. The topological polar surface area (TPSA) is 61.2 Å². The van der Waals surface area contributed by atoms with Gasteiger partial charge in [-0.15, -0.1) is 12.4 Å². The third-order valence-corrected chi connectivity index (χ3v) is 2.87. The fourth-order valence-corrected chi connectivity index (χ4v) is 2.46. The SMILES string of the molecule is CS(=N)(=O)CC1CC(O)C1.Cl. The summed E-state index contributed by atoms with van der Waals surface area (Å²) in [5, 5.41) is 8.86. The Morgan fingerprint density at radius 1 is 1.64 bits per heavy atom. The summed E-state index contributed by atoms with van der Waals surface area (Å²) < 4.78 is 18.0. The highest BCUT2D eigenvalue weighted by Gasteiger charge is 2.28. The molecule has 0 radical (unpaired) electrons. The van der Waals surface area contributed by atoms with Gasteiger partial charge in [0.1, 0.15) is 0 Å². The fourth-order valence-electron chi connectivity index (χ4n) is 1.29. The molecule has 1 unspecified atom stereocenters. The van der Waals surface area contributed by atoms with Crippen molar-refractivity contribution < 1.29 is 9.32 Å². The van der Waals surface area contributed by atoms with E-state index in [0.717, 1.165) is 12.8 Å². The lowest BCUT2D eigenvalue weighted by Crippen LogP contribution is -2.32. The molecular weight excluding hydrogens is 186 g/mol. The van der Waals surface area contributed by atoms with Gasteiger partial charge in [-0.3, -0.25) is 8.99 Å². The average Bonchev–Trinajstić information content (AvgIpc) is 1.57. The van der Waals surface area contributed by atoms with Crippen LogP contribution in [0.15, 0.2) is 0 Å². The van der Waals surface area contributed by atoms with Crippen LogP contribution >= 0.6 is 12.4 Å². The standard InChI is InChI=1S/C6H13NO2S.ClH/c1-10(7,9)4-5-2-6(8)3-5;/h5-8H,2-4H2,1H3;1H. The molecule has 0 bridgehead atoms. The largest absolute Gasteiger partial charge is 0.393 e. The van der Waals surface area contributed by atoms with Crippen molar-refractivity contribution in [1.82, 2.24) is 0 Å². The molecule has 0 aromatic heterocycles. The Balaban J connectivity index is 0.000001000. The van der Waals surface area contributed by atoms with E-state index in [2.05, 4.69) is 0 Å². The van der Waals surface area contributed by atoms with Crippen molar-refractivity contribution in [2.24, 2.45) is 5.92 Å². The van der Waals surface area contributed by atoms with E-state index in [1.807, 2.05) is 0 Å². The van der Waals surface area contributed by atoms with E-state index in [1.165, 1.54) is 6.26 Å². The van der Waals surface area contributed by atoms with Gasteiger partial charge in [0.25, 0.3) is 0 Å². The minimum atomic E-state index is -2.32. The van der Waals surface area contributed by atoms with E-state index in [4.69, 9.17) is 9.89 Å². The van der Waals surface area contributed by atoms with Crippen LogP contribution < -0.4 is 0 Å². The van der Waals surface area contributed by atoms with Crippen molar-refractivity contribution in [3.05, 3.63) is 0 Å². The van der Waals surface area contributed by atoms with Crippen molar-refractivity contribution in [3.63, 3.8) is 0 Å². The maximum atomic E-state index is 10.9. The Kier molecular flexibility index (Phi) is 3.80. The molecule has 68 valence electrons. The molecule has 0 aromatic rings. The fraction of sp³-hybridized carbons (Fsp3) is 1.00. The molecule has 3 nitrogen and oxygen atoms in total. The molecule has 0 saturated heterocycles. The van der Waals surface area contributed by atoms with Crippen LogP contribution in [0.5, 0.6) is 0 Å². The molecule has 1 atom stereocenters. The number of hydrogen-bond donors (Lipinski definition) is 2. The first-order valence-electron chi connectivity index (χ1n) is 3.37. The van der Waals surface area contributed by atoms with Crippen LogP contribution in [0.2, 0.25) is 0 Å². The van der Waals surface area contributed by atoms with Gasteiger partial charge in [-0.25, -0.2) is 0 Å². The van der Waals surface area contributed by atoms with E-state index in [1.54, 1.807) is 0 Å². The van der Waals surface area contributed by atoms with Gasteiger partial charge >= 0.3 is 0 Å². The number of hydrogen-bond acceptors (Lipinski definition) is 3. The predicted molar refractivity (Wildman–Crippen MR) is 47.6 cm³/mol. The number of aliphatic hydroxyl groups is 1. The molecule has 1 aliphatic carbocycles. The van der Waals surface area contributed by atoms with Crippen LogP contribution in [-0.2, 0) is 9.73 Å². The number of halogens is 1. The molecule has 0 aromatic carbocycles. The van der Waals surface area contributed by atoms with Crippen molar-refractivity contribution in [1.29, 1.82) is 4.78 Å². The van der Waals surface area contributed by atoms with E-state index in [0.29, 0.717) is 11.7 Å². The average molecular weight is 200 g/mol. The molecule has 1 fully saturated rings. The van der Waals surface area contributed by atoms with E-state index in [9.17, 15) is 4.21 Å². The molecule has 2 N–H and O–H groups in total. The summed E-state index contributed by atoms with van der Waals surface area (Å²) in [5.41, 5.74) is 0. The van der Waals surface area contributed by atoms with Gasteiger partial charge < -0.3 is 5.11 Å². The van der Waals surface area contributed by atoms with Crippen LogP contribution in [0.3, 0.4) is 0 Å². The van der Waals surface area contributed by atoms with Gasteiger partial charge in [-0.1, -0.05) is 0 Å². The molecule has 1 rings (SSSR count). The summed E-state index contributed by atoms with van der Waals surface area (Å²) in [6.45, 7) is 0. The quantitative estimate of drug-likeness (QED) is 0.693. The molecule has 1 saturated carbocycles. The zero-order valence-electron chi connectivity index (χ0n) is 6.45. The lowest BCUT2D eigenvalue weighted by atomic mass is 9.84. The Morgan fingerprint density at radius 3 is 2.36 bits per heavy atom. The van der Waals surface area contributed by atoms with Crippen LogP contribution in [0.4, 0.5) is 0 Å². The van der Waals surface area contributed by atoms with Crippen LogP contribution in [0.1, 0.15) is 12.8 Å². The second kappa shape index (κ2) is 3.74. The van der Waals surface area contributed by atoms with Crippen molar-refractivity contribution in [2.45, 2.75) is 18.9 Å². The highest BCUT2D eigenvalue weighted by Crippen LogP contribution is 2.28. The van der Waals surface area contributed by atoms with Gasteiger partial charge in [-0.2, -0.15) is 0 Å². The molecule has 1 aliphatic rings. The first-order chi connectivity index (χ1) is 4.47. The second-order valence-electron chi connectivity index (χ2n) is 3.16. The molecule has 0 spiro atoms. The molecular formula is C6H14ClNO2S. The van der Waals surface area contributed by atoms with E-state index >= 15 is 0 Å². The van der Waals surface area contributed by atoms with Crippen molar-refractivity contribution in [3.8, 4) is 0 Å². The van der Waals surface area contributed by atoms with Gasteiger partial charge in [0.2, 0.25) is 0 Å². The zero-order valence-corrected chi connectivity index (χ0v) is 8.08. The summed E-state index contributed by atoms with van der Waals surface area (Å²) in [5.74, 6) is 0.800. The Morgan fingerprint density at radius 2 is 2.09 bits per heavy atom. The van der Waals surface area contributed by atoms with E-state index in [-0.39, 0.29) is 18.5 Å². The maximum absolute atomic E-state index is 10.9. The predicted octanol–water partition coefficient (Wildman–Crippen LogP) is 0.856. The third-order valence-electron chi connectivity index (χ3n) is 1.76. The first kappa shape index (κ1) is 11.2. The molecule has 11 heavy (non-hydrogen) atoms. The maximum Gasteiger partial charge on any atom is 0.0546 e. The van der Waals surface area contributed by atoms with Crippen LogP contribution in [-0.4, -0.2) is 27.4 Å². The van der Waals surface area contributed by atoms with Gasteiger partial charge in [0.15, 0.2) is 0 Å². The van der Waals surface area contributed by atoms with E-state index < -0.39 is 9.73 Å². The van der Waals surface area contributed by atoms with Crippen LogP contribution in [0.25, 0.3) is 0 Å². The Bertz CT molecular complexity index is 209. The summed E-state index contributed by atoms with van der Waals surface area (Å²) in [7, 11) is -2.32. The lowest BCUT2D eigenvalue weighted by molar-refractivity contribution is 0.0528. The normalized spacial score (nSPS) is 34.7. The van der Waals surface area contributed by atoms with Crippen LogP contribution in [0, 0.1) is 10.7 Å².